The highest BCUT2D eigenvalue weighted by Gasteiger charge is 2.24. The van der Waals surface area contributed by atoms with Gasteiger partial charge in [0.25, 0.3) is 0 Å². The predicted molar refractivity (Wildman–Crippen MR) is 82.9 cm³/mol. The number of hydrogen-bond donors (Lipinski definition) is 1. The molecule has 0 fully saturated rings. The van der Waals surface area contributed by atoms with E-state index in [9.17, 15) is 5.11 Å². The van der Waals surface area contributed by atoms with Gasteiger partial charge in [0.05, 0.1) is 5.60 Å². The first-order valence-electron chi connectivity index (χ1n) is 7.45. The maximum atomic E-state index is 10.8. The quantitative estimate of drug-likeness (QED) is 0.892. The van der Waals surface area contributed by atoms with Gasteiger partial charge in [-0.3, -0.25) is 0 Å². The van der Waals surface area contributed by atoms with Gasteiger partial charge in [0.1, 0.15) is 0 Å². The lowest BCUT2D eigenvalue weighted by Gasteiger charge is -2.24. The second-order valence-electron chi connectivity index (χ2n) is 6.27. The lowest BCUT2D eigenvalue weighted by atomic mass is 9.88. The van der Waals surface area contributed by atoms with Gasteiger partial charge in [-0.15, -0.1) is 0 Å². The minimum Gasteiger partial charge on any atom is -0.385 e. The third-order valence-corrected chi connectivity index (χ3v) is 4.38. The van der Waals surface area contributed by atoms with Crippen molar-refractivity contribution in [2.45, 2.75) is 45.1 Å². The Morgan fingerprint density at radius 3 is 2.45 bits per heavy atom. The van der Waals surface area contributed by atoms with Gasteiger partial charge in [-0.1, -0.05) is 48.0 Å². The fourth-order valence-electron chi connectivity index (χ4n) is 3.15. The van der Waals surface area contributed by atoms with E-state index in [1.165, 1.54) is 41.5 Å². The Labute approximate surface area is 121 Å². The van der Waals surface area contributed by atoms with Crippen LogP contribution in [0.4, 0.5) is 0 Å². The summed E-state index contributed by atoms with van der Waals surface area (Å²) < 4.78 is 0. The van der Waals surface area contributed by atoms with Gasteiger partial charge in [-0.2, -0.15) is 0 Å². The van der Waals surface area contributed by atoms with Crippen molar-refractivity contribution in [1.82, 2.24) is 0 Å². The molecule has 1 nitrogen and oxygen atoms in total. The fraction of sp³-hybridized carbons (Fsp3) is 0.368. The summed E-state index contributed by atoms with van der Waals surface area (Å²) in [5.74, 6) is 0. The number of benzene rings is 2. The third kappa shape index (κ3) is 2.64. The number of aliphatic hydroxyl groups is 1. The summed E-state index contributed by atoms with van der Waals surface area (Å²) in [7, 11) is 0. The van der Waals surface area contributed by atoms with E-state index in [0.717, 1.165) is 5.56 Å². The highest BCUT2D eigenvalue weighted by molar-refractivity contribution is 5.37. The molecule has 2 aromatic carbocycles. The summed E-state index contributed by atoms with van der Waals surface area (Å²) in [6.07, 6.45) is 4.34. The summed E-state index contributed by atoms with van der Waals surface area (Å²) in [6, 6.07) is 14.9. The molecule has 1 atom stereocenters. The second-order valence-corrected chi connectivity index (χ2v) is 6.27. The standard InChI is InChI=1S/C19H22O/c1-14-6-10-18(11-7-14)19(2,20)13-15-8-9-16-4-3-5-17(16)12-15/h6-12,20H,3-5,13H2,1-2H3. The van der Waals surface area contributed by atoms with E-state index < -0.39 is 5.60 Å². The maximum Gasteiger partial charge on any atom is 0.0908 e. The molecule has 0 saturated heterocycles. The lowest BCUT2D eigenvalue weighted by Crippen LogP contribution is -2.24. The number of fused-ring (bicyclic) bond motifs is 1. The molecule has 0 amide bonds. The molecule has 1 N–H and O–H groups in total. The van der Waals surface area contributed by atoms with Crippen LogP contribution in [0.1, 0.15) is 41.2 Å². The van der Waals surface area contributed by atoms with Gasteiger partial charge < -0.3 is 5.11 Å². The summed E-state index contributed by atoms with van der Waals surface area (Å²) in [6.45, 7) is 3.98. The maximum absolute atomic E-state index is 10.8. The molecule has 0 aliphatic heterocycles. The van der Waals surface area contributed by atoms with Crippen molar-refractivity contribution in [2.75, 3.05) is 0 Å². The van der Waals surface area contributed by atoms with E-state index >= 15 is 0 Å². The zero-order valence-corrected chi connectivity index (χ0v) is 12.3. The number of rotatable bonds is 3. The van der Waals surface area contributed by atoms with E-state index in [0.29, 0.717) is 6.42 Å². The van der Waals surface area contributed by atoms with Crippen LogP contribution in [0, 0.1) is 6.92 Å². The third-order valence-electron chi connectivity index (χ3n) is 4.38. The SMILES string of the molecule is Cc1ccc(C(C)(O)Cc2ccc3c(c2)CCC3)cc1. The Bertz CT molecular complexity index is 608. The Morgan fingerprint density at radius 2 is 1.70 bits per heavy atom. The first-order chi connectivity index (χ1) is 9.54. The van der Waals surface area contributed by atoms with E-state index in [1.54, 1.807) is 0 Å². The summed E-state index contributed by atoms with van der Waals surface area (Å²) in [5.41, 5.74) is 5.61. The van der Waals surface area contributed by atoms with Crippen LogP contribution in [0.25, 0.3) is 0 Å². The highest BCUT2D eigenvalue weighted by Crippen LogP contribution is 2.28. The van der Waals surface area contributed by atoms with Crippen LogP contribution >= 0.6 is 0 Å². The largest absolute Gasteiger partial charge is 0.385 e. The van der Waals surface area contributed by atoms with Crippen molar-refractivity contribution >= 4 is 0 Å². The van der Waals surface area contributed by atoms with Crippen molar-refractivity contribution in [1.29, 1.82) is 0 Å². The minimum atomic E-state index is -0.805. The first-order valence-corrected chi connectivity index (χ1v) is 7.45. The first kappa shape index (κ1) is 13.4. The molecule has 0 radical (unpaired) electrons. The summed E-state index contributed by atoms with van der Waals surface area (Å²) >= 11 is 0. The number of hydrogen-bond acceptors (Lipinski definition) is 1. The topological polar surface area (TPSA) is 20.2 Å². The smallest absolute Gasteiger partial charge is 0.0908 e. The molecule has 1 unspecified atom stereocenters. The van der Waals surface area contributed by atoms with E-state index in [4.69, 9.17) is 0 Å². The molecule has 104 valence electrons. The van der Waals surface area contributed by atoms with Gasteiger partial charge in [-0.05, 0) is 55.4 Å². The van der Waals surface area contributed by atoms with Gasteiger partial charge in [0.15, 0.2) is 0 Å². The molecule has 3 rings (SSSR count). The van der Waals surface area contributed by atoms with Crippen LogP contribution in [0.3, 0.4) is 0 Å². The molecule has 2 aromatic rings. The molecular formula is C19H22O. The van der Waals surface area contributed by atoms with Crippen LogP contribution in [-0.2, 0) is 24.9 Å². The second kappa shape index (κ2) is 5.06. The molecule has 0 heterocycles. The van der Waals surface area contributed by atoms with Gasteiger partial charge >= 0.3 is 0 Å². The Morgan fingerprint density at radius 1 is 1.00 bits per heavy atom. The number of aryl methyl sites for hydroxylation is 3. The average Bonchev–Trinajstić information content (AvgIpc) is 2.86. The molecule has 1 aliphatic carbocycles. The van der Waals surface area contributed by atoms with Crippen molar-refractivity contribution in [3.63, 3.8) is 0 Å². The minimum absolute atomic E-state index is 0.670. The van der Waals surface area contributed by atoms with Crippen LogP contribution in [0.2, 0.25) is 0 Å². The van der Waals surface area contributed by atoms with Crippen molar-refractivity contribution in [2.24, 2.45) is 0 Å². The highest BCUT2D eigenvalue weighted by atomic mass is 16.3. The molecule has 0 saturated carbocycles. The summed E-state index contributed by atoms with van der Waals surface area (Å²) in [4.78, 5) is 0. The molecule has 20 heavy (non-hydrogen) atoms. The van der Waals surface area contributed by atoms with E-state index in [2.05, 4.69) is 37.3 Å². The van der Waals surface area contributed by atoms with Gasteiger partial charge in [0.2, 0.25) is 0 Å². The van der Waals surface area contributed by atoms with Crippen molar-refractivity contribution in [3.8, 4) is 0 Å². The Kier molecular flexibility index (Phi) is 3.39. The molecule has 0 spiro atoms. The monoisotopic (exact) mass is 266 g/mol. The lowest BCUT2D eigenvalue weighted by molar-refractivity contribution is 0.0576. The van der Waals surface area contributed by atoms with Crippen LogP contribution in [-0.4, -0.2) is 5.11 Å². The predicted octanol–water partition coefficient (Wildman–Crippen LogP) is 3.93. The molecular weight excluding hydrogens is 244 g/mol. The van der Waals surface area contributed by atoms with Crippen LogP contribution < -0.4 is 0 Å². The molecule has 1 heteroatoms. The van der Waals surface area contributed by atoms with Gasteiger partial charge in [-0.25, -0.2) is 0 Å². The van der Waals surface area contributed by atoms with Crippen LogP contribution in [0.15, 0.2) is 42.5 Å². The Balaban J connectivity index is 1.84. The van der Waals surface area contributed by atoms with Crippen LogP contribution in [0.5, 0.6) is 0 Å². The molecule has 0 aromatic heterocycles. The summed E-state index contributed by atoms with van der Waals surface area (Å²) in [5, 5.41) is 10.8. The van der Waals surface area contributed by atoms with E-state index in [1.807, 2.05) is 19.1 Å². The fourth-order valence-corrected chi connectivity index (χ4v) is 3.15. The molecule has 1 aliphatic rings. The van der Waals surface area contributed by atoms with Crippen molar-refractivity contribution in [3.05, 3.63) is 70.3 Å². The zero-order valence-electron chi connectivity index (χ0n) is 12.3. The normalized spacial score (nSPS) is 16.8. The molecule has 0 bridgehead atoms. The zero-order chi connectivity index (χ0) is 14.2. The Hall–Kier alpha value is -1.60. The van der Waals surface area contributed by atoms with Gasteiger partial charge in [0, 0.05) is 6.42 Å². The average molecular weight is 266 g/mol. The van der Waals surface area contributed by atoms with E-state index in [-0.39, 0.29) is 0 Å². The van der Waals surface area contributed by atoms with Crippen molar-refractivity contribution < 1.29 is 5.11 Å².